The molecule has 0 saturated heterocycles. The molecule has 1 heterocycles. The molecule has 0 saturated carbocycles. The standard InChI is InChI=1S/C44H60N2O2/c1-3-5-7-9-11-13-15-17-19-21-35-47-43-31-25-39(26-32-43)23-29-41-37-46-42(38-45-41)30-24-40-27-33-44(34-28-40)48-36-22-20-18-16-14-12-10-8-6-4-2/h25-28,31-34,37-38H,3-22,35-36H2,1-2H3. The summed E-state index contributed by atoms with van der Waals surface area (Å²) in [4.78, 5) is 8.85. The molecule has 258 valence electrons. The van der Waals surface area contributed by atoms with Crippen LogP contribution in [0.25, 0.3) is 0 Å². The zero-order chi connectivity index (χ0) is 33.7. The summed E-state index contributed by atoms with van der Waals surface area (Å²) in [5.74, 6) is 14.3. The third-order valence-corrected chi connectivity index (χ3v) is 8.56. The number of hydrogen-bond donors (Lipinski definition) is 0. The molecule has 4 nitrogen and oxygen atoms in total. The molecule has 4 heteroatoms. The van der Waals surface area contributed by atoms with E-state index in [0.717, 1.165) is 48.7 Å². The average molecular weight is 649 g/mol. The van der Waals surface area contributed by atoms with Gasteiger partial charge in [-0.2, -0.15) is 0 Å². The van der Waals surface area contributed by atoms with Crippen LogP contribution < -0.4 is 9.47 Å². The number of aromatic nitrogens is 2. The smallest absolute Gasteiger partial charge is 0.131 e. The van der Waals surface area contributed by atoms with Gasteiger partial charge < -0.3 is 9.47 Å². The highest BCUT2D eigenvalue weighted by Gasteiger charge is 1.99. The van der Waals surface area contributed by atoms with Gasteiger partial charge in [0.1, 0.15) is 22.9 Å². The topological polar surface area (TPSA) is 44.2 Å². The van der Waals surface area contributed by atoms with E-state index in [1.165, 1.54) is 116 Å². The Balaban J connectivity index is 1.28. The van der Waals surface area contributed by atoms with Crippen molar-refractivity contribution in [2.45, 2.75) is 142 Å². The van der Waals surface area contributed by atoms with Crippen LogP contribution in [0.2, 0.25) is 0 Å². The van der Waals surface area contributed by atoms with E-state index in [-0.39, 0.29) is 0 Å². The van der Waals surface area contributed by atoms with Crippen LogP contribution in [0, 0.1) is 23.7 Å². The molecule has 2 aromatic carbocycles. The van der Waals surface area contributed by atoms with Crippen LogP contribution in [0.15, 0.2) is 60.9 Å². The minimum Gasteiger partial charge on any atom is -0.494 e. The molecule has 0 spiro atoms. The fraction of sp³-hybridized carbons (Fsp3) is 0.545. The maximum absolute atomic E-state index is 5.92. The van der Waals surface area contributed by atoms with E-state index in [1.54, 1.807) is 12.4 Å². The van der Waals surface area contributed by atoms with Gasteiger partial charge in [0, 0.05) is 11.1 Å². The summed E-state index contributed by atoms with van der Waals surface area (Å²) in [5, 5.41) is 0. The second kappa shape index (κ2) is 26.2. The quantitative estimate of drug-likeness (QED) is 0.0716. The zero-order valence-electron chi connectivity index (χ0n) is 30.0. The molecule has 0 fully saturated rings. The minimum absolute atomic E-state index is 0.616. The fourth-order valence-electron chi connectivity index (χ4n) is 5.56. The van der Waals surface area contributed by atoms with Gasteiger partial charge >= 0.3 is 0 Å². The number of ether oxygens (including phenoxy) is 2. The second-order valence-corrected chi connectivity index (χ2v) is 12.9. The Kier molecular flexibility index (Phi) is 21.1. The van der Waals surface area contributed by atoms with Gasteiger partial charge in [0.15, 0.2) is 0 Å². The van der Waals surface area contributed by atoms with Crippen molar-refractivity contribution in [3.8, 4) is 35.2 Å². The van der Waals surface area contributed by atoms with Crippen LogP contribution in [0.1, 0.15) is 165 Å². The Morgan fingerprint density at radius 1 is 0.396 bits per heavy atom. The molecule has 1 aromatic heterocycles. The Labute approximate surface area is 292 Å². The lowest BCUT2D eigenvalue weighted by molar-refractivity contribution is 0.304. The lowest BCUT2D eigenvalue weighted by atomic mass is 10.1. The van der Waals surface area contributed by atoms with Crippen molar-refractivity contribution in [2.24, 2.45) is 0 Å². The van der Waals surface area contributed by atoms with Crippen LogP contribution in [0.3, 0.4) is 0 Å². The van der Waals surface area contributed by atoms with Crippen molar-refractivity contribution >= 4 is 0 Å². The van der Waals surface area contributed by atoms with Crippen molar-refractivity contribution in [2.75, 3.05) is 13.2 Å². The summed E-state index contributed by atoms with van der Waals surface area (Å²) in [5.41, 5.74) is 3.07. The molecule has 0 atom stereocenters. The van der Waals surface area contributed by atoms with E-state index in [1.807, 2.05) is 48.5 Å². The van der Waals surface area contributed by atoms with E-state index < -0.39 is 0 Å². The van der Waals surface area contributed by atoms with Gasteiger partial charge in [0.25, 0.3) is 0 Å². The number of rotatable bonds is 24. The Bertz CT molecular complexity index is 1240. The molecular formula is C44H60N2O2. The minimum atomic E-state index is 0.616. The predicted molar refractivity (Wildman–Crippen MR) is 202 cm³/mol. The molecule has 0 aliphatic heterocycles. The fourth-order valence-corrected chi connectivity index (χ4v) is 5.56. The van der Waals surface area contributed by atoms with Crippen molar-refractivity contribution < 1.29 is 9.47 Å². The summed E-state index contributed by atoms with van der Waals surface area (Å²) in [7, 11) is 0. The van der Waals surface area contributed by atoms with E-state index in [9.17, 15) is 0 Å². The molecule has 0 unspecified atom stereocenters. The number of benzene rings is 2. The monoisotopic (exact) mass is 648 g/mol. The summed E-state index contributed by atoms with van der Waals surface area (Å²) in [6.45, 7) is 6.08. The van der Waals surface area contributed by atoms with Crippen LogP contribution in [0.4, 0.5) is 0 Å². The van der Waals surface area contributed by atoms with E-state index in [0.29, 0.717) is 11.4 Å². The van der Waals surface area contributed by atoms with E-state index in [2.05, 4.69) is 47.5 Å². The normalized spacial score (nSPS) is 10.5. The molecule has 0 aliphatic carbocycles. The summed E-state index contributed by atoms with van der Waals surface area (Å²) in [6.07, 6.45) is 29.9. The van der Waals surface area contributed by atoms with Gasteiger partial charge in [-0.15, -0.1) is 0 Å². The molecular weight excluding hydrogens is 588 g/mol. The maximum atomic E-state index is 5.92. The number of nitrogens with zero attached hydrogens (tertiary/aromatic N) is 2. The molecule has 0 aliphatic rings. The number of unbranched alkanes of at least 4 members (excludes halogenated alkanes) is 18. The third-order valence-electron chi connectivity index (χ3n) is 8.56. The highest BCUT2D eigenvalue weighted by molar-refractivity contribution is 5.44. The first-order valence-corrected chi connectivity index (χ1v) is 19.1. The van der Waals surface area contributed by atoms with Crippen molar-refractivity contribution in [1.29, 1.82) is 0 Å². The lowest BCUT2D eigenvalue weighted by Gasteiger charge is -2.06. The SMILES string of the molecule is CCCCCCCCCCCCOc1ccc(C#Cc2cnc(C#Cc3ccc(OCCCCCCCCCCCC)cc3)cn2)cc1. The Morgan fingerprint density at radius 2 is 0.708 bits per heavy atom. The number of hydrogen-bond acceptors (Lipinski definition) is 4. The second-order valence-electron chi connectivity index (χ2n) is 12.9. The van der Waals surface area contributed by atoms with Crippen molar-refractivity contribution in [1.82, 2.24) is 9.97 Å². The van der Waals surface area contributed by atoms with Gasteiger partial charge in [0.05, 0.1) is 25.6 Å². The molecule has 48 heavy (non-hydrogen) atoms. The van der Waals surface area contributed by atoms with Gasteiger partial charge in [-0.1, -0.05) is 141 Å². The lowest BCUT2D eigenvalue weighted by Crippen LogP contribution is -1.97. The molecule has 0 bridgehead atoms. The third kappa shape index (κ3) is 18.5. The average Bonchev–Trinajstić information content (AvgIpc) is 3.12. The summed E-state index contributed by atoms with van der Waals surface area (Å²) in [6, 6.07) is 15.9. The van der Waals surface area contributed by atoms with Crippen molar-refractivity contribution in [3.63, 3.8) is 0 Å². The zero-order valence-corrected chi connectivity index (χ0v) is 30.0. The van der Waals surface area contributed by atoms with Gasteiger partial charge in [0.2, 0.25) is 0 Å². The molecule has 0 amide bonds. The largest absolute Gasteiger partial charge is 0.494 e. The first kappa shape index (κ1) is 38.7. The predicted octanol–water partition coefficient (Wildman–Crippen LogP) is 11.9. The van der Waals surface area contributed by atoms with Crippen LogP contribution >= 0.6 is 0 Å². The molecule has 3 rings (SSSR count). The first-order chi connectivity index (χ1) is 23.8. The Hall–Kier alpha value is -3.76. The molecule has 3 aromatic rings. The van der Waals surface area contributed by atoms with Gasteiger partial charge in [-0.25, -0.2) is 9.97 Å². The highest BCUT2D eigenvalue weighted by atomic mass is 16.5. The first-order valence-electron chi connectivity index (χ1n) is 19.1. The van der Waals surface area contributed by atoms with E-state index in [4.69, 9.17) is 9.47 Å². The van der Waals surface area contributed by atoms with Crippen LogP contribution in [-0.2, 0) is 0 Å². The maximum Gasteiger partial charge on any atom is 0.131 e. The summed E-state index contributed by atoms with van der Waals surface area (Å²) < 4.78 is 11.8. The van der Waals surface area contributed by atoms with Gasteiger partial charge in [-0.05, 0) is 73.2 Å². The highest BCUT2D eigenvalue weighted by Crippen LogP contribution is 2.16. The Morgan fingerprint density at radius 3 is 1.02 bits per heavy atom. The summed E-state index contributed by atoms with van der Waals surface area (Å²) >= 11 is 0. The van der Waals surface area contributed by atoms with Crippen molar-refractivity contribution in [3.05, 3.63) is 83.4 Å². The molecule has 0 N–H and O–H groups in total. The van der Waals surface area contributed by atoms with Crippen LogP contribution in [-0.4, -0.2) is 23.2 Å². The van der Waals surface area contributed by atoms with Gasteiger partial charge in [-0.3, -0.25) is 0 Å². The van der Waals surface area contributed by atoms with Crippen LogP contribution in [0.5, 0.6) is 11.5 Å². The molecule has 0 radical (unpaired) electrons. The van der Waals surface area contributed by atoms with E-state index >= 15 is 0 Å².